The molecule has 0 radical (unpaired) electrons. The van der Waals surface area contributed by atoms with Gasteiger partial charge < -0.3 is 0 Å². The Labute approximate surface area is 163 Å². The molecule has 27 heavy (non-hydrogen) atoms. The predicted molar refractivity (Wildman–Crippen MR) is 109 cm³/mol. The average molecular weight is 398 g/mol. The lowest BCUT2D eigenvalue weighted by molar-refractivity contribution is -0.107. The topological polar surface area (TPSA) is 63.2 Å². The summed E-state index contributed by atoms with van der Waals surface area (Å²) in [6.07, 6.45) is 2.64. The number of allylic oxidation sites excluding steroid dienone is 1. The first kappa shape index (κ1) is 18.9. The molecule has 4 nitrogen and oxygen atoms in total. The highest BCUT2D eigenvalue weighted by Crippen LogP contribution is 2.29. The Kier molecular flexibility index (Phi) is 5.74. The molecule has 0 amide bonds. The number of hydrogen-bond acceptors (Lipinski definition) is 3. The third-order valence-corrected chi connectivity index (χ3v) is 5.32. The third kappa shape index (κ3) is 4.84. The predicted octanol–water partition coefficient (Wildman–Crippen LogP) is 4.93. The number of para-hydroxylation sites is 1. The molecule has 0 aromatic heterocycles. The Morgan fingerprint density at radius 3 is 2.33 bits per heavy atom. The van der Waals surface area contributed by atoms with Crippen molar-refractivity contribution in [2.75, 3.05) is 4.72 Å². The summed E-state index contributed by atoms with van der Waals surface area (Å²) in [5.74, 6) is 0. The molecule has 6 heteroatoms. The highest BCUT2D eigenvalue weighted by atomic mass is 35.5. The fourth-order valence-corrected chi connectivity index (χ4v) is 3.79. The van der Waals surface area contributed by atoms with Crippen molar-refractivity contribution in [3.05, 3.63) is 90.5 Å². The van der Waals surface area contributed by atoms with Gasteiger partial charge in [-0.15, -0.1) is 0 Å². The molecule has 0 aliphatic carbocycles. The maximum Gasteiger partial charge on any atom is 0.261 e. The van der Waals surface area contributed by atoms with Gasteiger partial charge in [0.15, 0.2) is 0 Å². The molecule has 0 aliphatic heterocycles. The van der Waals surface area contributed by atoms with Crippen LogP contribution in [0.1, 0.15) is 5.56 Å². The van der Waals surface area contributed by atoms with Crippen molar-refractivity contribution in [1.82, 2.24) is 0 Å². The molecular weight excluding hydrogens is 382 g/mol. The minimum absolute atomic E-state index is 0.0922. The molecule has 0 saturated carbocycles. The zero-order chi connectivity index (χ0) is 19.3. The van der Waals surface area contributed by atoms with Gasteiger partial charge in [0, 0.05) is 5.56 Å². The van der Waals surface area contributed by atoms with E-state index in [0.29, 0.717) is 11.3 Å². The lowest BCUT2D eigenvalue weighted by atomic mass is 10.0. The highest BCUT2D eigenvalue weighted by Gasteiger charge is 2.16. The zero-order valence-corrected chi connectivity index (χ0v) is 15.7. The maximum atomic E-state index is 12.8. The zero-order valence-electron chi connectivity index (χ0n) is 14.2. The molecule has 3 aromatic rings. The molecule has 0 heterocycles. The summed E-state index contributed by atoms with van der Waals surface area (Å²) in [4.78, 5) is 11.0. The van der Waals surface area contributed by atoms with Crippen molar-refractivity contribution in [1.29, 1.82) is 0 Å². The van der Waals surface area contributed by atoms with E-state index < -0.39 is 15.3 Å². The Morgan fingerprint density at radius 1 is 0.889 bits per heavy atom. The molecule has 3 rings (SSSR count). The van der Waals surface area contributed by atoms with Gasteiger partial charge >= 0.3 is 0 Å². The molecule has 1 N–H and O–H groups in total. The number of hydrogen-bond donors (Lipinski definition) is 1. The third-order valence-electron chi connectivity index (χ3n) is 3.83. The van der Waals surface area contributed by atoms with E-state index >= 15 is 0 Å². The number of carbonyl (C=O) groups is 1. The van der Waals surface area contributed by atoms with Crippen molar-refractivity contribution >= 4 is 38.6 Å². The number of nitrogens with one attached hydrogen (secondary N) is 1. The van der Waals surface area contributed by atoms with Crippen LogP contribution in [0.5, 0.6) is 0 Å². The molecule has 136 valence electrons. The van der Waals surface area contributed by atoms with Crippen LogP contribution in [0.3, 0.4) is 0 Å². The summed E-state index contributed by atoms with van der Waals surface area (Å²) in [7, 11) is -3.81. The van der Waals surface area contributed by atoms with Crippen molar-refractivity contribution < 1.29 is 13.2 Å². The van der Waals surface area contributed by atoms with Crippen LogP contribution in [0.15, 0.2) is 89.8 Å². The first-order valence-corrected chi connectivity index (χ1v) is 9.97. The van der Waals surface area contributed by atoms with Crippen LogP contribution >= 0.6 is 11.6 Å². The van der Waals surface area contributed by atoms with E-state index in [4.69, 9.17) is 11.6 Å². The van der Waals surface area contributed by atoms with Crippen LogP contribution in [0, 0.1) is 0 Å². The Bertz CT molecular complexity index is 1090. The molecule has 0 bridgehead atoms. The average Bonchev–Trinajstić information content (AvgIpc) is 2.67. The summed E-state index contributed by atoms with van der Waals surface area (Å²) in [6.45, 7) is 0. The van der Waals surface area contributed by atoms with E-state index in [1.54, 1.807) is 24.3 Å². The molecule has 0 aliphatic rings. The van der Waals surface area contributed by atoms with E-state index in [-0.39, 0.29) is 4.90 Å². The van der Waals surface area contributed by atoms with Crippen LogP contribution < -0.4 is 4.72 Å². The second kappa shape index (κ2) is 8.20. The Morgan fingerprint density at radius 2 is 1.59 bits per heavy atom. The molecule has 0 saturated heterocycles. The summed E-state index contributed by atoms with van der Waals surface area (Å²) in [5, 5.41) is -0.627. The minimum atomic E-state index is -3.81. The van der Waals surface area contributed by atoms with Crippen molar-refractivity contribution in [3.63, 3.8) is 0 Å². The van der Waals surface area contributed by atoms with Gasteiger partial charge in [-0.25, -0.2) is 8.42 Å². The van der Waals surface area contributed by atoms with Crippen LogP contribution in [-0.2, 0) is 14.8 Å². The maximum absolute atomic E-state index is 12.8. The van der Waals surface area contributed by atoms with E-state index in [9.17, 15) is 13.2 Å². The fourth-order valence-electron chi connectivity index (χ4n) is 2.59. The van der Waals surface area contributed by atoms with E-state index in [2.05, 4.69) is 4.72 Å². The fraction of sp³-hybridized carbons (Fsp3) is 0. The monoisotopic (exact) mass is 397 g/mol. The normalized spacial score (nSPS) is 11.4. The number of carbonyl (C=O) groups excluding carboxylic acids is 1. The first-order chi connectivity index (χ1) is 13.0. The molecule has 3 aromatic carbocycles. The van der Waals surface area contributed by atoms with Gasteiger partial charge in [-0.3, -0.25) is 9.52 Å². The minimum Gasteiger partial charge on any atom is -0.279 e. The van der Waals surface area contributed by atoms with Gasteiger partial charge in [-0.2, -0.15) is 0 Å². The number of rotatable bonds is 6. The van der Waals surface area contributed by atoms with Crippen LogP contribution in [0.2, 0.25) is 0 Å². The highest BCUT2D eigenvalue weighted by molar-refractivity contribution is 7.92. The molecule has 0 unspecified atom stereocenters. The lowest BCUT2D eigenvalue weighted by Gasteiger charge is -2.13. The van der Waals surface area contributed by atoms with Gasteiger partial charge in [0.05, 0.1) is 10.6 Å². The number of anilines is 1. The number of halogens is 1. The van der Waals surface area contributed by atoms with E-state index in [1.165, 1.54) is 24.3 Å². The van der Waals surface area contributed by atoms with Crippen molar-refractivity contribution in [3.8, 4) is 11.1 Å². The summed E-state index contributed by atoms with van der Waals surface area (Å²) >= 11 is 5.28. The molecule has 0 atom stereocenters. The largest absolute Gasteiger partial charge is 0.279 e. The van der Waals surface area contributed by atoms with Crippen LogP contribution in [0.25, 0.3) is 17.2 Å². The van der Waals surface area contributed by atoms with Gasteiger partial charge in [0.25, 0.3) is 10.0 Å². The smallest absolute Gasteiger partial charge is 0.261 e. The molecule has 0 fully saturated rings. The summed E-state index contributed by atoms with van der Waals surface area (Å²) in [5.41, 5.74) is 2.74. The van der Waals surface area contributed by atoms with Gasteiger partial charge in [-0.05, 0) is 47.0 Å². The van der Waals surface area contributed by atoms with Crippen molar-refractivity contribution in [2.24, 2.45) is 0 Å². The summed E-state index contributed by atoms with van der Waals surface area (Å²) in [6, 6.07) is 23.0. The summed E-state index contributed by atoms with van der Waals surface area (Å²) < 4.78 is 28.3. The van der Waals surface area contributed by atoms with Crippen LogP contribution in [0.4, 0.5) is 5.69 Å². The van der Waals surface area contributed by atoms with E-state index in [0.717, 1.165) is 11.1 Å². The molecular formula is C21H16ClNO3S. The van der Waals surface area contributed by atoms with Gasteiger partial charge in [-0.1, -0.05) is 66.7 Å². The standard InChI is InChI=1S/C21H16ClNO3S/c22-21(24)14-13-16-7-6-10-18(15-16)27(25,26)23-20-12-5-4-11-19(20)17-8-2-1-3-9-17/h1-15,23H/b14-13+. The first-order valence-electron chi connectivity index (χ1n) is 8.10. The number of sulfonamides is 1. The second-order valence-electron chi connectivity index (χ2n) is 5.73. The SMILES string of the molecule is O=C(Cl)/C=C/c1cccc(S(=O)(=O)Nc2ccccc2-c2ccccc2)c1. The van der Waals surface area contributed by atoms with Gasteiger partial charge in [0.2, 0.25) is 5.24 Å². The number of benzene rings is 3. The van der Waals surface area contributed by atoms with Crippen LogP contribution in [-0.4, -0.2) is 13.7 Å². The quantitative estimate of drug-likeness (QED) is 0.473. The lowest BCUT2D eigenvalue weighted by Crippen LogP contribution is -2.13. The second-order valence-corrected chi connectivity index (χ2v) is 7.78. The van der Waals surface area contributed by atoms with Gasteiger partial charge in [0.1, 0.15) is 0 Å². The Hall–Kier alpha value is -2.89. The van der Waals surface area contributed by atoms with Crippen molar-refractivity contribution in [2.45, 2.75) is 4.90 Å². The molecule has 0 spiro atoms. The Balaban J connectivity index is 1.95. The van der Waals surface area contributed by atoms with E-state index in [1.807, 2.05) is 42.5 Å².